The molecule has 94 valence electrons. The van der Waals surface area contributed by atoms with E-state index in [1.54, 1.807) is 17.4 Å². The van der Waals surface area contributed by atoms with E-state index in [0.717, 1.165) is 5.56 Å². The van der Waals surface area contributed by atoms with Gasteiger partial charge in [0.25, 0.3) is 0 Å². The zero-order valence-corrected chi connectivity index (χ0v) is 11.1. The second kappa shape index (κ2) is 5.23. The van der Waals surface area contributed by atoms with Crippen molar-refractivity contribution >= 4 is 23.0 Å². The number of nitrogens with one attached hydrogen (secondary N) is 1. The molecule has 0 radical (unpaired) electrons. The van der Waals surface area contributed by atoms with Crippen molar-refractivity contribution < 1.29 is 9.90 Å². The molecular weight excluding hydrogens is 246 g/mol. The second-order valence-corrected chi connectivity index (χ2v) is 5.21. The van der Waals surface area contributed by atoms with Crippen LogP contribution in [0.4, 0.5) is 5.69 Å². The van der Waals surface area contributed by atoms with Crippen molar-refractivity contribution in [3.8, 4) is 0 Å². The number of thiophene rings is 1. The first-order valence-electron chi connectivity index (χ1n) is 5.72. The van der Waals surface area contributed by atoms with Crippen molar-refractivity contribution in [2.45, 2.75) is 19.9 Å². The summed E-state index contributed by atoms with van der Waals surface area (Å²) in [5.74, 6) is -0.907. The molecule has 2 aromatic rings. The van der Waals surface area contributed by atoms with Crippen LogP contribution < -0.4 is 5.32 Å². The third-order valence-corrected chi connectivity index (χ3v) is 3.80. The molecule has 0 aliphatic heterocycles. The van der Waals surface area contributed by atoms with E-state index in [1.165, 1.54) is 4.88 Å². The highest BCUT2D eigenvalue weighted by Gasteiger charge is 2.13. The zero-order chi connectivity index (χ0) is 13.1. The Balaban J connectivity index is 2.28. The van der Waals surface area contributed by atoms with Crippen molar-refractivity contribution in [2.24, 2.45) is 0 Å². The number of aromatic carboxylic acids is 1. The molecule has 0 saturated heterocycles. The zero-order valence-electron chi connectivity index (χ0n) is 10.3. The van der Waals surface area contributed by atoms with Gasteiger partial charge in [0.15, 0.2) is 0 Å². The molecule has 1 heterocycles. The number of rotatable bonds is 4. The first-order chi connectivity index (χ1) is 8.58. The summed E-state index contributed by atoms with van der Waals surface area (Å²) in [5.41, 5.74) is 2.02. The van der Waals surface area contributed by atoms with Gasteiger partial charge in [-0.25, -0.2) is 4.79 Å². The number of hydrogen-bond acceptors (Lipinski definition) is 3. The average Bonchev–Trinajstić information content (AvgIpc) is 2.81. The first kappa shape index (κ1) is 12.6. The van der Waals surface area contributed by atoms with Gasteiger partial charge < -0.3 is 10.4 Å². The quantitative estimate of drug-likeness (QED) is 0.876. The minimum atomic E-state index is -0.907. The van der Waals surface area contributed by atoms with Crippen LogP contribution in [0.1, 0.15) is 33.8 Å². The summed E-state index contributed by atoms with van der Waals surface area (Å²) in [7, 11) is 0. The van der Waals surface area contributed by atoms with E-state index >= 15 is 0 Å². The van der Waals surface area contributed by atoms with Crippen LogP contribution >= 0.6 is 11.3 Å². The molecule has 0 amide bonds. The van der Waals surface area contributed by atoms with E-state index < -0.39 is 5.97 Å². The SMILES string of the molecule is Cc1ccc(C(=O)O)c(NC(C)c2cccs2)c1. The predicted molar refractivity (Wildman–Crippen MR) is 74.5 cm³/mol. The van der Waals surface area contributed by atoms with Gasteiger partial charge in [0.1, 0.15) is 0 Å². The summed E-state index contributed by atoms with van der Waals surface area (Å²) < 4.78 is 0. The van der Waals surface area contributed by atoms with Crippen LogP contribution in [0, 0.1) is 6.92 Å². The molecule has 1 aromatic carbocycles. The molecule has 2 rings (SSSR count). The highest BCUT2D eigenvalue weighted by molar-refractivity contribution is 7.10. The maximum atomic E-state index is 11.2. The third kappa shape index (κ3) is 2.71. The molecule has 0 aliphatic carbocycles. The highest BCUT2D eigenvalue weighted by Crippen LogP contribution is 2.26. The normalized spacial score (nSPS) is 12.1. The molecule has 0 aliphatic rings. The van der Waals surface area contributed by atoms with Gasteiger partial charge in [-0.1, -0.05) is 12.1 Å². The molecular formula is C14H15NO2S. The standard InChI is InChI=1S/C14H15NO2S/c1-9-5-6-11(14(16)17)12(8-9)15-10(2)13-4-3-7-18-13/h3-8,10,15H,1-2H3,(H,16,17). The number of anilines is 1. The Bertz CT molecular complexity index is 549. The van der Waals surface area contributed by atoms with Crippen LogP contribution in [0.3, 0.4) is 0 Å². The minimum Gasteiger partial charge on any atom is -0.478 e. The molecule has 1 aromatic heterocycles. The summed E-state index contributed by atoms with van der Waals surface area (Å²) >= 11 is 1.66. The Kier molecular flexibility index (Phi) is 3.67. The Morgan fingerprint density at radius 2 is 2.17 bits per heavy atom. The van der Waals surface area contributed by atoms with Gasteiger partial charge in [-0.3, -0.25) is 0 Å². The van der Waals surface area contributed by atoms with E-state index in [-0.39, 0.29) is 6.04 Å². The largest absolute Gasteiger partial charge is 0.478 e. The van der Waals surface area contributed by atoms with Crippen molar-refractivity contribution in [3.05, 3.63) is 51.7 Å². The summed E-state index contributed by atoms with van der Waals surface area (Å²) in [4.78, 5) is 12.4. The lowest BCUT2D eigenvalue weighted by molar-refractivity contribution is 0.0698. The number of benzene rings is 1. The summed E-state index contributed by atoms with van der Waals surface area (Å²) in [5, 5.41) is 14.4. The van der Waals surface area contributed by atoms with Gasteiger partial charge in [0, 0.05) is 10.6 Å². The van der Waals surface area contributed by atoms with Crippen molar-refractivity contribution in [3.63, 3.8) is 0 Å². The fourth-order valence-corrected chi connectivity index (χ4v) is 2.54. The van der Waals surface area contributed by atoms with Gasteiger partial charge in [-0.05, 0) is 43.0 Å². The number of carboxylic acid groups (broad SMARTS) is 1. The van der Waals surface area contributed by atoms with Crippen LogP contribution in [-0.2, 0) is 0 Å². The summed E-state index contributed by atoms with van der Waals surface area (Å²) in [6, 6.07) is 9.45. The van der Waals surface area contributed by atoms with E-state index in [2.05, 4.69) is 5.32 Å². The minimum absolute atomic E-state index is 0.102. The fourth-order valence-electron chi connectivity index (χ4n) is 1.81. The Morgan fingerprint density at radius 3 is 2.78 bits per heavy atom. The van der Waals surface area contributed by atoms with Crippen LogP contribution in [0.15, 0.2) is 35.7 Å². The Morgan fingerprint density at radius 1 is 1.39 bits per heavy atom. The van der Waals surface area contributed by atoms with Crippen molar-refractivity contribution in [1.29, 1.82) is 0 Å². The average molecular weight is 261 g/mol. The Labute approximate surface area is 110 Å². The van der Waals surface area contributed by atoms with Crippen LogP contribution in [0.2, 0.25) is 0 Å². The maximum absolute atomic E-state index is 11.2. The molecule has 4 heteroatoms. The smallest absolute Gasteiger partial charge is 0.337 e. The summed E-state index contributed by atoms with van der Waals surface area (Å²) in [6.45, 7) is 3.98. The topological polar surface area (TPSA) is 49.3 Å². The Hall–Kier alpha value is -1.81. The number of hydrogen-bond donors (Lipinski definition) is 2. The molecule has 2 N–H and O–H groups in total. The number of carboxylic acids is 1. The lowest BCUT2D eigenvalue weighted by Crippen LogP contribution is -2.10. The van der Waals surface area contributed by atoms with Gasteiger partial charge in [0.05, 0.1) is 11.6 Å². The molecule has 0 saturated carbocycles. The van der Waals surface area contributed by atoms with Gasteiger partial charge in [-0.15, -0.1) is 11.3 Å². The van der Waals surface area contributed by atoms with E-state index in [9.17, 15) is 4.79 Å². The van der Waals surface area contributed by atoms with Gasteiger partial charge in [-0.2, -0.15) is 0 Å². The van der Waals surface area contributed by atoms with Gasteiger partial charge >= 0.3 is 5.97 Å². The first-order valence-corrected chi connectivity index (χ1v) is 6.60. The second-order valence-electron chi connectivity index (χ2n) is 4.24. The number of carbonyl (C=O) groups is 1. The molecule has 18 heavy (non-hydrogen) atoms. The van der Waals surface area contributed by atoms with Crippen molar-refractivity contribution in [1.82, 2.24) is 0 Å². The maximum Gasteiger partial charge on any atom is 0.337 e. The molecule has 0 fully saturated rings. The monoisotopic (exact) mass is 261 g/mol. The molecule has 0 spiro atoms. The fraction of sp³-hybridized carbons (Fsp3) is 0.214. The summed E-state index contributed by atoms with van der Waals surface area (Å²) in [6.07, 6.45) is 0. The lowest BCUT2D eigenvalue weighted by Gasteiger charge is -2.16. The van der Waals surface area contributed by atoms with Crippen LogP contribution in [0.5, 0.6) is 0 Å². The van der Waals surface area contributed by atoms with E-state index in [1.807, 2.05) is 43.5 Å². The lowest BCUT2D eigenvalue weighted by atomic mass is 10.1. The molecule has 0 bridgehead atoms. The third-order valence-electron chi connectivity index (χ3n) is 2.75. The van der Waals surface area contributed by atoms with E-state index in [0.29, 0.717) is 11.3 Å². The van der Waals surface area contributed by atoms with Gasteiger partial charge in [0.2, 0.25) is 0 Å². The van der Waals surface area contributed by atoms with E-state index in [4.69, 9.17) is 5.11 Å². The molecule has 1 atom stereocenters. The predicted octanol–water partition coefficient (Wildman–Crippen LogP) is 3.93. The molecule has 1 unspecified atom stereocenters. The number of aryl methyl sites for hydroxylation is 1. The van der Waals surface area contributed by atoms with Crippen LogP contribution in [0.25, 0.3) is 0 Å². The van der Waals surface area contributed by atoms with Crippen LogP contribution in [-0.4, -0.2) is 11.1 Å². The molecule has 3 nitrogen and oxygen atoms in total. The highest BCUT2D eigenvalue weighted by atomic mass is 32.1. The van der Waals surface area contributed by atoms with Crippen molar-refractivity contribution in [2.75, 3.05) is 5.32 Å².